The molecule has 5 nitrogen and oxygen atoms in total. The Hall–Kier alpha value is -2.43. The van der Waals surface area contributed by atoms with Gasteiger partial charge in [0.25, 0.3) is 0 Å². The maximum absolute atomic E-state index is 4.35. The molecule has 1 aromatic carbocycles. The number of anilines is 1. The van der Waals surface area contributed by atoms with E-state index < -0.39 is 0 Å². The molecule has 1 unspecified atom stereocenters. The van der Waals surface area contributed by atoms with E-state index in [0.29, 0.717) is 5.65 Å². The van der Waals surface area contributed by atoms with Gasteiger partial charge in [-0.05, 0) is 31.4 Å². The predicted molar refractivity (Wildman–Crippen MR) is 84.3 cm³/mol. The molecule has 1 atom stereocenters. The van der Waals surface area contributed by atoms with Crippen LogP contribution in [0.1, 0.15) is 36.1 Å². The summed E-state index contributed by atoms with van der Waals surface area (Å²) >= 11 is 0. The maximum atomic E-state index is 4.35. The molecule has 108 valence electrons. The van der Waals surface area contributed by atoms with Gasteiger partial charge in [-0.1, -0.05) is 30.7 Å². The van der Waals surface area contributed by atoms with Crippen molar-refractivity contribution >= 4 is 17.0 Å². The zero-order valence-corrected chi connectivity index (χ0v) is 12.5. The van der Waals surface area contributed by atoms with Gasteiger partial charge in [0.1, 0.15) is 11.8 Å². The Morgan fingerprint density at radius 3 is 2.81 bits per heavy atom. The minimum absolute atomic E-state index is 0.215. The Kier molecular flexibility index (Phi) is 3.56. The van der Waals surface area contributed by atoms with Crippen LogP contribution in [0.15, 0.2) is 30.9 Å². The molecular weight excluding hydrogens is 262 g/mol. The van der Waals surface area contributed by atoms with Crippen molar-refractivity contribution in [2.24, 2.45) is 0 Å². The first-order chi connectivity index (χ1) is 10.2. The highest BCUT2D eigenvalue weighted by Crippen LogP contribution is 2.27. The fraction of sp³-hybridized carbons (Fsp3) is 0.312. The van der Waals surface area contributed by atoms with E-state index in [1.54, 1.807) is 12.7 Å². The molecular formula is C16H19N5. The van der Waals surface area contributed by atoms with Crippen molar-refractivity contribution in [3.63, 3.8) is 0 Å². The van der Waals surface area contributed by atoms with Crippen molar-refractivity contribution in [2.45, 2.75) is 33.2 Å². The molecule has 3 aromatic rings. The lowest BCUT2D eigenvalue weighted by Gasteiger charge is -2.20. The summed E-state index contributed by atoms with van der Waals surface area (Å²) in [7, 11) is 0. The van der Waals surface area contributed by atoms with Crippen molar-refractivity contribution in [1.29, 1.82) is 0 Å². The minimum Gasteiger partial charge on any atom is -0.361 e. The third-order valence-electron chi connectivity index (χ3n) is 3.74. The largest absolute Gasteiger partial charge is 0.361 e. The Morgan fingerprint density at radius 2 is 2.05 bits per heavy atom. The van der Waals surface area contributed by atoms with Gasteiger partial charge in [0.15, 0.2) is 11.5 Å². The Balaban J connectivity index is 1.96. The molecule has 0 aliphatic heterocycles. The minimum atomic E-state index is 0.215. The van der Waals surface area contributed by atoms with Crippen LogP contribution in [-0.2, 0) is 0 Å². The molecule has 2 heterocycles. The fourth-order valence-corrected chi connectivity index (χ4v) is 2.66. The zero-order valence-electron chi connectivity index (χ0n) is 12.5. The lowest BCUT2D eigenvalue weighted by Crippen LogP contribution is -2.12. The molecule has 0 saturated heterocycles. The number of aromatic nitrogens is 4. The van der Waals surface area contributed by atoms with Crippen LogP contribution in [0.4, 0.5) is 5.82 Å². The van der Waals surface area contributed by atoms with Crippen LogP contribution in [-0.4, -0.2) is 19.9 Å². The lowest BCUT2D eigenvalue weighted by molar-refractivity contribution is 0.739. The number of nitrogens with one attached hydrogen (secondary N) is 2. The third kappa shape index (κ3) is 2.59. The van der Waals surface area contributed by atoms with Crippen LogP contribution in [0.25, 0.3) is 11.2 Å². The summed E-state index contributed by atoms with van der Waals surface area (Å²) in [6.45, 7) is 6.43. The van der Waals surface area contributed by atoms with Gasteiger partial charge < -0.3 is 10.3 Å². The SMILES string of the molecule is CCC(Nc1ncnc2nc[nH]c12)c1ccc(C)cc1C. The van der Waals surface area contributed by atoms with Gasteiger partial charge in [-0.2, -0.15) is 0 Å². The molecule has 0 aliphatic rings. The Morgan fingerprint density at radius 1 is 1.19 bits per heavy atom. The first-order valence-electron chi connectivity index (χ1n) is 7.16. The van der Waals surface area contributed by atoms with Crippen molar-refractivity contribution in [1.82, 2.24) is 19.9 Å². The number of hydrogen-bond donors (Lipinski definition) is 2. The van der Waals surface area contributed by atoms with Crippen LogP contribution >= 0.6 is 0 Å². The highest BCUT2D eigenvalue weighted by Gasteiger charge is 2.14. The van der Waals surface area contributed by atoms with E-state index in [0.717, 1.165) is 17.8 Å². The number of hydrogen-bond acceptors (Lipinski definition) is 4. The van der Waals surface area contributed by atoms with E-state index in [1.807, 2.05) is 0 Å². The van der Waals surface area contributed by atoms with Gasteiger partial charge >= 0.3 is 0 Å². The zero-order chi connectivity index (χ0) is 14.8. The summed E-state index contributed by atoms with van der Waals surface area (Å²) in [5.41, 5.74) is 5.41. The van der Waals surface area contributed by atoms with E-state index in [-0.39, 0.29) is 6.04 Å². The first kappa shape index (κ1) is 13.5. The summed E-state index contributed by atoms with van der Waals surface area (Å²) < 4.78 is 0. The normalized spacial score (nSPS) is 12.5. The van der Waals surface area contributed by atoms with Gasteiger partial charge in [0.2, 0.25) is 0 Å². The number of imidazole rings is 1. The second-order valence-corrected chi connectivity index (χ2v) is 5.29. The number of aryl methyl sites for hydroxylation is 2. The highest BCUT2D eigenvalue weighted by molar-refractivity contribution is 5.82. The van der Waals surface area contributed by atoms with Crippen molar-refractivity contribution < 1.29 is 0 Å². The molecule has 5 heteroatoms. The molecule has 0 radical (unpaired) electrons. The average molecular weight is 281 g/mol. The van der Waals surface area contributed by atoms with Gasteiger partial charge in [-0.3, -0.25) is 0 Å². The van der Waals surface area contributed by atoms with Crippen LogP contribution < -0.4 is 5.32 Å². The summed E-state index contributed by atoms with van der Waals surface area (Å²) in [6.07, 6.45) is 4.16. The van der Waals surface area contributed by atoms with E-state index in [2.05, 4.69) is 64.2 Å². The molecule has 3 rings (SSSR count). The van der Waals surface area contributed by atoms with Crippen LogP contribution in [0.3, 0.4) is 0 Å². The molecule has 0 aliphatic carbocycles. The number of benzene rings is 1. The van der Waals surface area contributed by atoms with E-state index in [1.165, 1.54) is 16.7 Å². The summed E-state index contributed by atoms with van der Waals surface area (Å²) in [5.74, 6) is 0.796. The molecule has 0 fully saturated rings. The Labute approximate surface area is 123 Å². The monoisotopic (exact) mass is 281 g/mol. The van der Waals surface area contributed by atoms with Crippen molar-refractivity contribution in [3.8, 4) is 0 Å². The smallest absolute Gasteiger partial charge is 0.182 e. The van der Waals surface area contributed by atoms with Gasteiger partial charge in [-0.25, -0.2) is 15.0 Å². The van der Waals surface area contributed by atoms with E-state index in [9.17, 15) is 0 Å². The first-order valence-corrected chi connectivity index (χ1v) is 7.16. The number of nitrogens with zero attached hydrogens (tertiary/aromatic N) is 3. The molecule has 0 amide bonds. The summed E-state index contributed by atoms with van der Waals surface area (Å²) in [5, 5.41) is 3.51. The van der Waals surface area contributed by atoms with E-state index >= 15 is 0 Å². The van der Waals surface area contributed by atoms with Crippen LogP contribution in [0.2, 0.25) is 0 Å². The number of rotatable bonds is 4. The molecule has 0 spiro atoms. The fourth-order valence-electron chi connectivity index (χ4n) is 2.66. The molecule has 0 saturated carbocycles. The van der Waals surface area contributed by atoms with Crippen molar-refractivity contribution in [2.75, 3.05) is 5.32 Å². The molecule has 2 aromatic heterocycles. The predicted octanol–water partition coefficient (Wildman–Crippen LogP) is 3.53. The highest BCUT2D eigenvalue weighted by atomic mass is 15.1. The van der Waals surface area contributed by atoms with Gasteiger partial charge in [0, 0.05) is 0 Å². The molecule has 21 heavy (non-hydrogen) atoms. The van der Waals surface area contributed by atoms with Gasteiger partial charge in [0.05, 0.1) is 12.4 Å². The number of aromatic amines is 1. The number of fused-ring (bicyclic) bond motifs is 1. The van der Waals surface area contributed by atoms with Crippen LogP contribution in [0.5, 0.6) is 0 Å². The molecule has 2 N–H and O–H groups in total. The third-order valence-corrected chi connectivity index (χ3v) is 3.74. The lowest BCUT2D eigenvalue weighted by atomic mass is 9.97. The standard InChI is InChI=1S/C16H19N5/c1-4-13(12-6-5-10(2)7-11(12)3)21-16-14-15(18-8-17-14)19-9-20-16/h5-9,13H,4H2,1-3H3,(H2,17,18,19,20,21). The Bertz CT molecular complexity index is 762. The average Bonchev–Trinajstić information content (AvgIpc) is 2.94. The van der Waals surface area contributed by atoms with Crippen LogP contribution in [0, 0.1) is 13.8 Å². The quantitative estimate of drug-likeness (QED) is 0.767. The summed E-state index contributed by atoms with van der Waals surface area (Å²) in [4.78, 5) is 15.8. The van der Waals surface area contributed by atoms with Gasteiger partial charge in [-0.15, -0.1) is 0 Å². The second kappa shape index (κ2) is 5.52. The van der Waals surface area contributed by atoms with E-state index in [4.69, 9.17) is 0 Å². The maximum Gasteiger partial charge on any atom is 0.182 e. The summed E-state index contributed by atoms with van der Waals surface area (Å²) in [6, 6.07) is 6.77. The second-order valence-electron chi connectivity index (χ2n) is 5.29. The topological polar surface area (TPSA) is 66.5 Å². The number of H-pyrrole nitrogens is 1. The molecule has 0 bridgehead atoms. The van der Waals surface area contributed by atoms with Crippen molar-refractivity contribution in [3.05, 3.63) is 47.5 Å².